The van der Waals surface area contributed by atoms with Crippen LogP contribution in [0.15, 0.2) is 273 Å². The zero-order valence-corrected chi connectivity index (χ0v) is 38.6. The van der Waals surface area contributed by atoms with Crippen molar-refractivity contribution in [3.63, 3.8) is 0 Å². The lowest BCUT2D eigenvalue weighted by molar-refractivity contribution is 0.485. The van der Waals surface area contributed by atoms with Gasteiger partial charge in [0.15, 0.2) is 0 Å². The number of rotatable bonds is 11. The van der Waals surface area contributed by atoms with E-state index in [0.29, 0.717) is 0 Å². The van der Waals surface area contributed by atoms with Gasteiger partial charge in [-0.25, -0.2) is 0 Å². The molecule has 0 fully saturated rings. The average Bonchev–Trinajstić information content (AvgIpc) is 3.81. The van der Waals surface area contributed by atoms with E-state index in [1.807, 2.05) is 23.5 Å². The van der Waals surface area contributed by atoms with Crippen molar-refractivity contribution < 1.29 is 4.74 Å². The lowest BCUT2D eigenvalue weighted by atomic mass is 9.89. The Balaban J connectivity index is 1.02. The molecule has 12 rings (SSSR count). The van der Waals surface area contributed by atoms with Gasteiger partial charge in [0.25, 0.3) is 0 Å². The van der Waals surface area contributed by atoms with Crippen LogP contribution in [0.5, 0.6) is 11.5 Å². The Morgan fingerprint density at radius 3 is 1.39 bits per heavy atom. The maximum Gasteiger partial charge on any atom is 0.137 e. The molecular weight excluding hydrogens is 855 g/mol. The van der Waals surface area contributed by atoms with Crippen molar-refractivity contribution >= 4 is 48.6 Å². The molecule has 0 amide bonds. The predicted octanol–water partition coefficient (Wildman–Crippen LogP) is 19.3. The number of nitrogens with zero attached hydrogens (tertiary/aromatic N) is 1. The predicted molar refractivity (Wildman–Crippen MR) is 293 cm³/mol. The minimum absolute atomic E-state index is 0.770. The Kier molecular flexibility index (Phi) is 11.2. The van der Waals surface area contributed by atoms with Crippen molar-refractivity contribution in [1.29, 1.82) is 0 Å². The molecule has 0 bridgehead atoms. The van der Waals surface area contributed by atoms with Crippen LogP contribution in [-0.2, 0) is 0 Å². The van der Waals surface area contributed by atoms with Crippen LogP contribution >= 0.6 is 11.3 Å². The minimum Gasteiger partial charge on any atom is -0.457 e. The molecule has 11 aromatic carbocycles. The summed E-state index contributed by atoms with van der Waals surface area (Å²) < 4.78 is 9.52. The van der Waals surface area contributed by atoms with Crippen LogP contribution in [0.1, 0.15) is 0 Å². The molecule has 0 atom stereocenters. The fourth-order valence-corrected chi connectivity index (χ4v) is 10.8. The van der Waals surface area contributed by atoms with E-state index in [0.717, 1.165) is 56.4 Å². The Morgan fingerprint density at radius 2 is 0.768 bits per heavy atom. The molecule has 0 saturated carbocycles. The summed E-state index contributed by atoms with van der Waals surface area (Å²) in [6, 6.07) is 97.5. The minimum atomic E-state index is 0.770. The first-order valence-corrected chi connectivity index (χ1v) is 24.2. The average molecular weight is 900 g/mol. The van der Waals surface area contributed by atoms with Gasteiger partial charge in [-0.3, -0.25) is 0 Å². The van der Waals surface area contributed by atoms with Gasteiger partial charge >= 0.3 is 0 Å². The van der Waals surface area contributed by atoms with E-state index in [2.05, 4.69) is 266 Å². The normalized spacial score (nSPS) is 11.2. The van der Waals surface area contributed by atoms with Gasteiger partial charge in [-0.2, -0.15) is 0 Å². The number of anilines is 3. The molecule has 326 valence electrons. The third kappa shape index (κ3) is 8.27. The molecular formula is C66H45NOS. The Bertz CT molecular complexity index is 3730. The fraction of sp³-hybridized carbons (Fsp3) is 0. The lowest BCUT2D eigenvalue weighted by Gasteiger charge is -2.28. The molecule has 0 unspecified atom stereocenters. The zero-order chi connectivity index (χ0) is 45.9. The van der Waals surface area contributed by atoms with Gasteiger partial charge in [-0.05, 0) is 116 Å². The summed E-state index contributed by atoms with van der Waals surface area (Å²) in [6.07, 6.45) is 0. The van der Waals surface area contributed by atoms with E-state index in [4.69, 9.17) is 4.74 Å². The molecule has 0 saturated heterocycles. The second-order valence-electron chi connectivity index (χ2n) is 17.2. The first kappa shape index (κ1) is 41.7. The smallest absolute Gasteiger partial charge is 0.137 e. The number of hydrogen-bond donors (Lipinski definition) is 0. The van der Waals surface area contributed by atoms with Crippen LogP contribution < -0.4 is 9.64 Å². The molecule has 3 heteroatoms. The van der Waals surface area contributed by atoms with E-state index >= 15 is 0 Å². The molecule has 2 nitrogen and oxygen atoms in total. The molecule has 1 heterocycles. The van der Waals surface area contributed by atoms with Crippen molar-refractivity contribution in [1.82, 2.24) is 0 Å². The first-order chi connectivity index (χ1) is 34.2. The van der Waals surface area contributed by atoms with Gasteiger partial charge in [0.05, 0.1) is 5.69 Å². The highest BCUT2D eigenvalue weighted by molar-refractivity contribution is 7.26. The van der Waals surface area contributed by atoms with Crippen LogP contribution in [0.25, 0.3) is 86.9 Å². The van der Waals surface area contributed by atoms with E-state index in [1.165, 1.54) is 59.1 Å². The fourth-order valence-electron chi connectivity index (χ4n) is 9.67. The van der Waals surface area contributed by atoms with Gasteiger partial charge in [0.1, 0.15) is 11.5 Å². The lowest BCUT2D eigenvalue weighted by Crippen LogP contribution is -2.10. The number of hydrogen-bond acceptors (Lipinski definition) is 3. The number of fused-ring (bicyclic) bond motifs is 3. The van der Waals surface area contributed by atoms with E-state index < -0.39 is 0 Å². The molecule has 0 radical (unpaired) electrons. The van der Waals surface area contributed by atoms with Crippen LogP contribution in [0.3, 0.4) is 0 Å². The highest BCUT2D eigenvalue weighted by Crippen LogP contribution is 2.48. The maximum atomic E-state index is 7.04. The summed E-state index contributed by atoms with van der Waals surface area (Å²) in [5, 5.41) is 2.45. The largest absolute Gasteiger partial charge is 0.457 e. The molecule has 12 aromatic rings. The summed E-state index contributed by atoms with van der Waals surface area (Å²) in [5.41, 5.74) is 17.0. The van der Waals surface area contributed by atoms with Gasteiger partial charge in [-0.15, -0.1) is 11.3 Å². The summed E-state index contributed by atoms with van der Waals surface area (Å²) in [5.74, 6) is 1.54. The second kappa shape index (κ2) is 18.5. The topological polar surface area (TPSA) is 12.5 Å². The van der Waals surface area contributed by atoms with Crippen LogP contribution in [0, 0.1) is 0 Å². The van der Waals surface area contributed by atoms with Crippen LogP contribution in [0.4, 0.5) is 17.1 Å². The molecule has 0 aliphatic rings. The van der Waals surface area contributed by atoms with E-state index in [-0.39, 0.29) is 0 Å². The third-order valence-corrected chi connectivity index (χ3v) is 14.1. The molecule has 1 aromatic heterocycles. The zero-order valence-electron chi connectivity index (χ0n) is 37.7. The first-order valence-electron chi connectivity index (χ1n) is 23.4. The van der Waals surface area contributed by atoms with Crippen molar-refractivity contribution in [3.05, 3.63) is 273 Å². The summed E-state index contributed by atoms with van der Waals surface area (Å²) in [7, 11) is 0. The van der Waals surface area contributed by atoms with Gasteiger partial charge < -0.3 is 9.64 Å². The summed E-state index contributed by atoms with van der Waals surface area (Å²) in [4.78, 5) is 2.40. The monoisotopic (exact) mass is 899 g/mol. The maximum absolute atomic E-state index is 7.04. The van der Waals surface area contributed by atoms with Crippen LogP contribution in [0.2, 0.25) is 0 Å². The molecule has 0 aliphatic heterocycles. The Morgan fingerprint density at radius 1 is 0.290 bits per heavy atom. The van der Waals surface area contributed by atoms with E-state index in [1.54, 1.807) is 0 Å². The Hall–Kier alpha value is -8.76. The summed E-state index contributed by atoms with van der Waals surface area (Å²) >= 11 is 1.84. The quantitative estimate of drug-likeness (QED) is 0.128. The molecule has 0 N–H and O–H groups in total. The van der Waals surface area contributed by atoms with Crippen LogP contribution in [-0.4, -0.2) is 0 Å². The number of ether oxygens (including phenoxy) is 1. The highest BCUT2D eigenvalue weighted by Gasteiger charge is 2.22. The number of thiophene rings is 1. The number of benzene rings is 11. The van der Waals surface area contributed by atoms with Crippen molar-refractivity contribution in [3.8, 4) is 78.3 Å². The van der Waals surface area contributed by atoms with Crippen molar-refractivity contribution in [2.45, 2.75) is 0 Å². The molecule has 69 heavy (non-hydrogen) atoms. The van der Waals surface area contributed by atoms with Crippen molar-refractivity contribution in [2.75, 3.05) is 4.90 Å². The van der Waals surface area contributed by atoms with Crippen molar-refractivity contribution in [2.24, 2.45) is 0 Å². The SMILES string of the molecule is c1ccc(-c2cccc(Oc3cc(N(c4ccc(-c5ccccc5-c5ccccc5-c5ccccc5)cc4)c4cccc5sc6cc(-c7ccccc7)ccc6c45)ccc3-c3ccccc3)c2)cc1. The molecule has 0 spiro atoms. The van der Waals surface area contributed by atoms with Gasteiger partial charge in [-0.1, -0.05) is 212 Å². The highest BCUT2D eigenvalue weighted by atomic mass is 32.1. The van der Waals surface area contributed by atoms with E-state index in [9.17, 15) is 0 Å². The summed E-state index contributed by atoms with van der Waals surface area (Å²) in [6.45, 7) is 0. The Labute approximate surface area is 407 Å². The van der Waals surface area contributed by atoms with Gasteiger partial charge in [0, 0.05) is 43.2 Å². The molecule has 0 aliphatic carbocycles. The third-order valence-electron chi connectivity index (χ3n) is 13.0. The standard InChI is InChI=1S/C66H45NOS/c1-5-19-46(20-6-1)51-27-17-28-55(43-51)68-63-45-54(40-42-58(63)49-25-11-4-12-26-49)67(62-33-18-34-64-66(62)61-41-37-52(44-65(61)69-64)47-21-7-2-8-22-47)53-38-35-50(36-39-53)57-30-14-16-32-60(57)59-31-15-13-29-56(59)48-23-9-3-10-24-48/h1-45H. The second-order valence-corrected chi connectivity index (χ2v) is 18.3. The van der Waals surface area contributed by atoms with Gasteiger partial charge in [0.2, 0.25) is 0 Å².